The number of esters is 3. The summed E-state index contributed by atoms with van der Waals surface area (Å²) < 4.78 is 61.4. The second-order valence-corrected chi connectivity index (χ2v) is 32.2. The van der Waals surface area contributed by atoms with Gasteiger partial charge in [-0.3, -0.25) is 32.5 Å². The summed E-state index contributed by atoms with van der Waals surface area (Å²) >= 11 is 0. The maximum atomic E-state index is 13.1. The van der Waals surface area contributed by atoms with Crippen molar-refractivity contribution < 1.29 is 75.8 Å². The Kier molecular flexibility index (Phi) is 82.4. The zero-order chi connectivity index (χ0) is 82.2. The summed E-state index contributed by atoms with van der Waals surface area (Å²) in [5.74, 6) is -1.60. The molecule has 0 aromatic heterocycles. The van der Waals surface area contributed by atoms with Crippen LogP contribution in [0, 0.1) is 0 Å². The van der Waals surface area contributed by atoms with Gasteiger partial charge in [0, 0.05) is 19.3 Å². The zero-order valence-electron chi connectivity index (χ0n) is 71.0. The van der Waals surface area contributed by atoms with Gasteiger partial charge in [0.25, 0.3) is 0 Å². The number of hydrogen-bond acceptors (Lipinski definition) is 14. The second-order valence-electron chi connectivity index (χ2n) is 29.3. The molecule has 5 atom stereocenters. The first kappa shape index (κ1) is 108. The van der Waals surface area contributed by atoms with Crippen LogP contribution in [0.3, 0.4) is 0 Å². The Balaban J connectivity index is 4.64. The van der Waals surface area contributed by atoms with E-state index in [4.69, 9.17) is 32.3 Å². The third kappa shape index (κ3) is 87.6. The van der Waals surface area contributed by atoms with E-state index in [1.165, 1.54) is 122 Å². The number of allylic oxidation sites excluding steroid dienone is 28. The Labute approximate surface area is 688 Å². The van der Waals surface area contributed by atoms with Crippen LogP contribution in [0.15, 0.2) is 170 Å². The predicted molar refractivity (Wildman–Crippen MR) is 472 cm³/mol. The summed E-state index contributed by atoms with van der Waals surface area (Å²) in [4.78, 5) is 58.9. The van der Waals surface area contributed by atoms with Gasteiger partial charge in [-0.25, -0.2) is 9.13 Å². The molecule has 0 bridgehead atoms. The SMILES string of the molecule is CC/C=C\C/C=C\C/C=C\C/C=C\C/C=C\CCCCCCCCCCCCCCCC(=O)OCC(O)COP(=O)(O)OCC(O)COP(=O)(O)OCC(COC(=O)CCCCCCCCCCCCC/C=C\C/C=C\C/C=C\C/C=C\CCCCC)OC(=O)CCCCCCC/C=C\C/C=C\C/C=C\C/C=C\C/C=C\CC. The van der Waals surface area contributed by atoms with Gasteiger partial charge in [-0.15, -0.1) is 0 Å². The zero-order valence-corrected chi connectivity index (χ0v) is 72.8. The first-order valence-electron chi connectivity index (χ1n) is 44.4. The van der Waals surface area contributed by atoms with E-state index in [2.05, 4.69) is 191 Å². The molecule has 4 N–H and O–H groups in total. The van der Waals surface area contributed by atoms with Crippen molar-refractivity contribution in [1.82, 2.24) is 0 Å². The fraction of sp³-hybridized carbons (Fsp3) is 0.674. The summed E-state index contributed by atoms with van der Waals surface area (Å²) in [5.41, 5.74) is 0. The van der Waals surface area contributed by atoms with Crippen molar-refractivity contribution in [3.63, 3.8) is 0 Å². The highest BCUT2D eigenvalue weighted by molar-refractivity contribution is 7.47. The molecular formula is C95H160O16P2. The van der Waals surface area contributed by atoms with Crippen LogP contribution in [0.4, 0.5) is 0 Å². The fourth-order valence-corrected chi connectivity index (χ4v) is 13.3. The van der Waals surface area contributed by atoms with Crippen molar-refractivity contribution in [2.75, 3.05) is 39.6 Å². The van der Waals surface area contributed by atoms with Crippen molar-refractivity contribution in [3.05, 3.63) is 170 Å². The molecule has 0 fully saturated rings. The molecule has 0 saturated carbocycles. The first-order valence-corrected chi connectivity index (χ1v) is 47.4. The van der Waals surface area contributed by atoms with Gasteiger partial charge >= 0.3 is 33.6 Å². The molecule has 0 spiro atoms. The lowest BCUT2D eigenvalue weighted by atomic mass is 10.0. The number of phosphoric ester groups is 2. The Hall–Kier alpha value is -5.09. The Morgan fingerprint density at radius 3 is 0.743 bits per heavy atom. The van der Waals surface area contributed by atoms with Gasteiger partial charge in [0.2, 0.25) is 0 Å². The minimum absolute atomic E-state index is 0.0770. The molecule has 0 rings (SSSR count). The number of carbonyl (C=O) groups is 3. The first-order chi connectivity index (χ1) is 55.2. The van der Waals surface area contributed by atoms with Gasteiger partial charge in [-0.2, -0.15) is 0 Å². The molecule has 0 aromatic carbocycles. The number of rotatable bonds is 83. The molecule has 16 nitrogen and oxygen atoms in total. The van der Waals surface area contributed by atoms with Crippen LogP contribution in [-0.2, 0) is 55.8 Å². The molecule has 0 amide bonds. The van der Waals surface area contributed by atoms with Crippen LogP contribution in [0.2, 0.25) is 0 Å². The maximum Gasteiger partial charge on any atom is 0.472 e. The van der Waals surface area contributed by atoms with Crippen molar-refractivity contribution in [1.29, 1.82) is 0 Å². The normalized spacial score (nSPS) is 14.6. The lowest BCUT2D eigenvalue weighted by Gasteiger charge is -2.21. The summed E-state index contributed by atoms with van der Waals surface area (Å²) in [6.45, 7) is 2.43. The molecule has 646 valence electrons. The van der Waals surface area contributed by atoms with Crippen LogP contribution in [0.1, 0.15) is 355 Å². The predicted octanol–water partition coefficient (Wildman–Crippen LogP) is 27.1. The van der Waals surface area contributed by atoms with E-state index in [1.807, 2.05) is 0 Å². The fourth-order valence-electron chi connectivity index (χ4n) is 11.7. The summed E-state index contributed by atoms with van der Waals surface area (Å²) in [7, 11) is -9.82. The van der Waals surface area contributed by atoms with Gasteiger partial charge in [-0.05, 0) is 154 Å². The van der Waals surface area contributed by atoms with Gasteiger partial charge in [0.05, 0.1) is 26.4 Å². The van der Waals surface area contributed by atoms with Crippen LogP contribution >= 0.6 is 15.6 Å². The minimum Gasteiger partial charge on any atom is -0.463 e. The summed E-state index contributed by atoms with van der Waals surface area (Å²) in [6.07, 6.45) is 111. The van der Waals surface area contributed by atoms with E-state index >= 15 is 0 Å². The quantitative estimate of drug-likeness (QED) is 0.0146. The van der Waals surface area contributed by atoms with E-state index in [1.54, 1.807) is 0 Å². The van der Waals surface area contributed by atoms with Crippen LogP contribution in [-0.4, -0.2) is 95.9 Å². The molecule has 18 heteroatoms. The van der Waals surface area contributed by atoms with E-state index in [0.717, 1.165) is 173 Å². The van der Waals surface area contributed by atoms with Gasteiger partial charge in [-0.1, -0.05) is 351 Å². The smallest absolute Gasteiger partial charge is 0.463 e. The highest BCUT2D eigenvalue weighted by atomic mass is 31.2. The molecule has 0 aliphatic carbocycles. The topological polar surface area (TPSA) is 231 Å². The molecule has 0 saturated heterocycles. The van der Waals surface area contributed by atoms with Gasteiger partial charge in [0.15, 0.2) is 6.10 Å². The number of aliphatic hydroxyl groups excluding tert-OH is 2. The third-order valence-corrected chi connectivity index (χ3v) is 20.3. The molecule has 0 aromatic rings. The average Bonchev–Trinajstić information content (AvgIpc) is 0.903. The van der Waals surface area contributed by atoms with Crippen LogP contribution < -0.4 is 0 Å². The minimum atomic E-state index is -4.95. The van der Waals surface area contributed by atoms with Gasteiger partial charge in [0.1, 0.15) is 25.4 Å². The van der Waals surface area contributed by atoms with Crippen molar-refractivity contribution in [2.24, 2.45) is 0 Å². The van der Waals surface area contributed by atoms with E-state index in [9.17, 15) is 43.5 Å². The summed E-state index contributed by atoms with van der Waals surface area (Å²) in [5, 5.41) is 20.7. The molecule has 0 aliphatic rings. The largest absolute Gasteiger partial charge is 0.472 e. The monoisotopic (exact) mass is 1620 g/mol. The lowest BCUT2D eigenvalue weighted by molar-refractivity contribution is -0.161. The number of unbranched alkanes of at least 4 members (excludes halogenated alkanes) is 32. The highest BCUT2D eigenvalue weighted by Gasteiger charge is 2.29. The molecular weight excluding hydrogens is 1460 g/mol. The Bertz CT molecular complexity index is 2730. The van der Waals surface area contributed by atoms with Crippen molar-refractivity contribution >= 4 is 33.6 Å². The summed E-state index contributed by atoms with van der Waals surface area (Å²) in [6, 6.07) is 0. The van der Waals surface area contributed by atoms with Crippen LogP contribution in [0.25, 0.3) is 0 Å². The Morgan fingerprint density at radius 1 is 0.257 bits per heavy atom. The highest BCUT2D eigenvalue weighted by Crippen LogP contribution is 2.45. The number of carbonyl (C=O) groups excluding carboxylic acids is 3. The van der Waals surface area contributed by atoms with Crippen LogP contribution in [0.5, 0.6) is 0 Å². The number of ether oxygens (including phenoxy) is 3. The second kappa shape index (κ2) is 86.3. The maximum absolute atomic E-state index is 13.1. The molecule has 113 heavy (non-hydrogen) atoms. The lowest BCUT2D eigenvalue weighted by Crippen LogP contribution is -2.30. The van der Waals surface area contributed by atoms with E-state index < -0.39 is 91.5 Å². The van der Waals surface area contributed by atoms with E-state index in [-0.39, 0.29) is 19.3 Å². The molecule has 0 aliphatic heterocycles. The average molecular weight is 1620 g/mol. The number of aliphatic hydroxyl groups is 2. The van der Waals surface area contributed by atoms with Crippen molar-refractivity contribution in [2.45, 2.75) is 373 Å². The van der Waals surface area contributed by atoms with Gasteiger partial charge < -0.3 is 34.2 Å². The number of phosphoric acid groups is 2. The molecule has 0 heterocycles. The molecule has 0 radical (unpaired) electrons. The standard InChI is InChI=1S/C95H160O16P2/c1-4-7-10-13-16-19-22-25-28-31-34-37-39-41-43-44-46-48-49-52-54-57-60-63-66-69-72-75-78-81-93(98)105-84-90(96)85-107-112(101,102)108-86-91(97)87-109-113(103,104)110-89-92(111-95(100)83-80-77-74-71-68-65-62-59-56-51-36-33-30-27-24-21-18-15-12-9-6-3)88-106-94(99)82-79-76-73-70-67-64-61-58-55-53-50-47-45-42-40-38-35-32-29-26-23-20-17-14-11-8-5-2/h7,9-10,12,16-21,25-30,34-38,41-43,45,51,59,62,90-92,96-97H,4-6,8,11,13-15,22-24,31-33,39-40,44,46-50,52-58,60-61,63-89H2,1-3H3,(H,101,102)(H,103,104)/b10-7-,12-9-,19-16-,20-17-,21-18-,28-25-,29-26-,30-27-,37-34-,38-35-,43-41-,45-42-,51-36-,62-59-. The van der Waals surface area contributed by atoms with Crippen molar-refractivity contribution in [3.8, 4) is 0 Å². The van der Waals surface area contributed by atoms with E-state index in [0.29, 0.717) is 19.3 Å². The number of hydrogen-bond donors (Lipinski definition) is 4. The molecule has 5 unspecified atom stereocenters. The Morgan fingerprint density at radius 2 is 0.469 bits per heavy atom. The third-order valence-electron chi connectivity index (χ3n) is 18.4.